The van der Waals surface area contributed by atoms with Crippen LogP contribution in [0.25, 0.3) is 0 Å². The summed E-state index contributed by atoms with van der Waals surface area (Å²) in [5, 5.41) is 8.69. The fourth-order valence-corrected chi connectivity index (χ4v) is 1.69. The van der Waals surface area contributed by atoms with Crippen LogP contribution in [0.2, 0.25) is 5.02 Å². The lowest BCUT2D eigenvalue weighted by Crippen LogP contribution is -1.96. The lowest BCUT2D eigenvalue weighted by atomic mass is 10.2. The maximum absolute atomic E-state index is 13.3. The average molecular weight is 291 g/mol. The van der Waals surface area contributed by atoms with E-state index >= 15 is 0 Å². The van der Waals surface area contributed by atoms with Crippen LogP contribution in [0.4, 0.5) is 4.39 Å². The summed E-state index contributed by atoms with van der Waals surface area (Å²) in [5.41, 5.74) is 1.50. The summed E-state index contributed by atoms with van der Waals surface area (Å²) in [4.78, 5) is 0. The number of aliphatic hydroxyl groups excluding tert-OH is 1. The Labute approximate surface area is 121 Å². The van der Waals surface area contributed by atoms with Gasteiger partial charge in [-0.3, -0.25) is 0 Å². The zero-order valence-corrected chi connectivity index (χ0v) is 11.3. The summed E-state index contributed by atoms with van der Waals surface area (Å²) < 4.78 is 18.8. The summed E-state index contributed by atoms with van der Waals surface area (Å²) in [7, 11) is 0. The average Bonchev–Trinajstić information content (AvgIpc) is 2.47. The smallest absolute Gasteiger partial charge is 0.142 e. The van der Waals surface area contributed by atoms with Gasteiger partial charge in [0.25, 0.3) is 0 Å². The lowest BCUT2D eigenvalue weighted by Gasteiger charge is -2.06. The monoisotopic (exact) mass is 290 g/mol. The van der Waals surface area contributed by atoms with E-state index in [9.17, 15) is 4.39 Å². The molecule has 2 nitrogen and oxygen atoms in total. The highest BCUT2D eigenvalue weighted by molar-refractivity contribution is 6.30. The fourth-order valence-electron chi connectivity index (χ4n) is 1.57. The molecule has 0 saturated carbocycles. The number of hydrogen-bond donors (Lipinski definition) is 1. The molecule has 0 radical (unpaired) electrons. The Morgan fingerprint density at radius 3 is 2.55 bits per heavy atom. The van der Waals surface area contributed by atoms with Gasteiger partial charge >= 0.3 is 0 Å². The van der Waals surface area contributed by atoms with Crippen molar-refractivity contribution in [2.45, 2.75) is 6.61 Å². The highest BCUT2D eigenvalue weighted by atomic mass is 35.5. The maximum Gasteiger partial charge on any atom is 0.142 e. The molecule has 2 aromatic rings. The number of halogens is 2. The van der Waals surface area contributed by atoms with E-state index in [2.05, 4.69) is 11.8 Å². The van der Waals surface area contributed by atoms with Crippen LogP contribution in [0.15, 0.2) is 42.5 Å². The van der Waals surface area contributed by atoms with Gasteiger partial charge in [-0.2, -0.15) is 0 Å². The van der Waals surface area contributed by atoms with E-state index in [0.29, 0.717) is 11.3 Å². The van der Waals surface area contributed by atoms with Crippen LogP contribution in [0.1, 0.15) is 11.1 Å². The highest BCUT2D eigenvalue weighted by Gasteiger charge is 2.02. The molecule has 4 heteroatoms. The van der Waals surface area contributed by atoms with Gasteiger partial charge in [0.15, 0.2) is 0 Å². The van der Waals surface area contributed by atoms with Crippen molar-refractivity contribution in [3.63, 3.8) is 0 Å². The van der Waals surface area contributed by atoms with Gasteiger partial charge in [0, 0.05) is 5.56 Å². The summed E-state index contributed by atoms with van der Waals surface area (Å²) in [6.45, 7) is 0.0934. The van der Waals surface area contributed by atoms with E-state index < -0.39 is 5.82 Å². The molecule has 0 heterocycles. The van der Waals surface area contributed by atoms with Crippen LogP contribution in [0.3, 0.4) is 0 Å². The topological polar surface area (TPSA) is 29.5 Å². The molecule has 2 aromatic carbocycles. The predicted octanol–water partition coefficient (Wildman–Crippen LogP) is 3.40. The van der Waals surface area contributed by atoms with Gasteiger partial charge in [0.05, 0.1) is 5.02 Å². The van der Waals surface area contributed by atoms with E-state index in [1.54, 1.807) is 30.3 Å². The Morgan fingerprint density at radius 2 is 1.90 bits per heavy atom. The van der Waals surface area contributed by atoms with Crippen molar-refractivity contribution in [1.82, 2.24) is 0 Å². The molecule has 0 aliphatic rings. The molecular formula is C16H12ClFO2. The second kappa shape index (κ2) is 6.95. The quantitative estimate of drug-likeness (QED) is 0.878. The maximum atomic E-state index is 13.3. The van der Waals surface area contributed by atoms with Crippen LogP contribution in [-0.2, 0) is 6.61 Å². The lowest BCUT2D eigenvalue weighted by molar-refractivity contribution is 0.305. The molecule has 0 atom stereocenters. The van der Waals surface area contributed by atoms with Gasteiger partial charge in [-0.05, 0) is 42.0 Å². The Kier molecular flexibility index (Phi) is 5.00. The standard InChI is InChI=1S/C16H12ClFO2/c17-15-8-5-13(10-16(15)18)11-20-14-6-3-12(4-7-14)2-1-9-19/h3-8,10,19H,9,11H2. The van der Waals surface area contributed by atoms with Crippen molar-refractivity contribution >= 4 is 11.6 Å². The molecule has 20 heavy (non-hydrogen) atoms. The summed E-state index contributed by atoms with van der Waals surface area (Å²) in [6, 6.07) is 11.7. The fraction of sp³-hybridized carbons (Fsp3) is 0.125. The Hall–Kier alpha value is -2.02. The number of hydrogen-bond acceptors (Lipinski definition) is 2. The summed E-state index contributed by atoms with van der Waals surface area (Å²) in [6.07, 6.45) is 0. The first-order valence-electron chi connectivity index (χ1n) is 5.95. The van der Waals surface area contributed by atoms with Crippen LogP contribution in [0.5, 0.6) is 5.75 Å². The van der Waals surface area contributed by atoms with Crippen molar-refractivity contribution in [2.24, 2.45) is 0 Å². The third-order valence-electron chi connectivity index (χ3n) is 2.56. The normalized spacial score (nSPS) is 9.75. The van der Waals surface area contributed by atoms with Crippen LogP contribution in [0, 0.1) is 17.7 Å². The molecule has 0 spiro atoms. The third kappa shape index (κ3) is 3.99. The largest absolute Gasteiger partial charge is 0.489 e. The zero-order valence-electron chi connectivity index (χ0n) is 10.6. The number of benzene rings is 2. The number of aliphatic hydroxyl groups is 1. The first-order chi connectivity index (χ1) is 9.69. The van der Waals surface area contributed by atoms with Gasteiger partial charge in [0.1, 0.15) is 24.8 Å². The van der Waals surface area contributed by atoms with Gasteiger partial charge in [-0.1, -0.05) is 29.5 Å². The first kappa shape index (κ1) is 14.4. The van der Waals surface area contributed by atoms with Crippen molar-refractivity contribution < 1.29 is 14.2 Å². The van der Waals surface area contributed by atoms with Gasteiger partial charge in [-0.15, -0.1) is 0 Å². The Morgan fingerprint density at radius 1 is 1.15 bits per heavy atom. The van der Waals surface area contributed by atoms with Crippen molar-refractivity contribution in [1.29, 1.82) is 0 Å². The van der Waals surface area contributed by atoms with Gasteiger partial charge < -0.3 is 9.84 Å². The van der Waals surface area contributed by atoms with E-state index in [1.165, 1.54) is 12.1 Å². The molecule has 0 aromatic heterocycles. The van der Waals surface area contributed by atoms with Crippen LogP contribution in [-0.4, -0.2) is 11.7 Å². The van der Waals surface area contributed by atoms with Gasteiger partial charge in [-0.25, -0.2) is 4.39 Å². The Balaban J connectivity index is 1.98. The predicted molar refractivity (Wildman–Crippen MR) is 76.1 cm³/mol. The second-order valence-corrected chi connectivity index (χ2v) is 4.43. The minimum atomic E-state index is -0.456. The van der Waals surface area contributed by atoms with Gasteiger partial charge in [0.2, 0.25) is 0 Å². The number of ether oxygens (including phenoxy) is 1. The van der Waals surface area contributed by atoms with Crippen molar-refractivity contribution in [2.75, 3.05) is 6.61 Å². The SMILES string of the molecule is OCC#Cc1ccc(OCc2ccc(Cl)c(F)c2)cc1. The molecule has 1 N–H and O–H groups in total. The molecule has 0 unspecified atom stereocenters. The minimum absolute atomic E-state index is 0.0977. The molecule has 0 bridgehead atoms. The molecule has 0 fully saturated rings. The summed E-state index contributed by atoms with van der Waals surface area (Å²) >= 11 is 5.61. The van der Waals surface area contributed by atoms with Crippen molar-refractivity contribution in [3.8, 4) is 17.6 Å². The van der Waals surface area contributed by atoms with Crippen LogP contribution < -0.4 is 4.74 Å². The molecule has 0 saturated heterocycles. The molecule has 0 amide bonds. The minimum Gasteiger partial charge on any atom is -0.489 e. The molecule has 102 valence electrons. The second-order valence-electron chi connectivity index (χ2n) is 4.02. The van der Waals surface area contributed by atoms with E-state index in [1.807, 2.05) is 0 Å². The Bertz CT molecular complexity index is 642. The van der Waals surface area contributed by atoms with Crippen LogP contribution >= 0.6 is 11.6 Å². The number of rotatable bonds is 3. The molecule has 0 aliphatic carbocycles. The first-order valence-corrected chi connectivity index (χ1v) is 6.33. The summed E-state index contributed by atoms with van der Waals surface area (Å²) in [5.74, 6) is 5.56. The van der Waals surface area contributed by atoms with Crippen molar-refractivity contribution in [3.05, 3.63) is 64.4 Å². The molecule has 0 aliphatic heterocycles. The third-order valence-corrected chi connectivity index (χ3v) is 2.86. The molecular weight excluding hydrogens is 279 g/mol. The van der Waals surface area contributed by atoms with E-state index in [-0.39, 0.29) is 18.2 Å². The van der Waals surface area contributed by atoms with E-state index in [0.717, 1.165) is 5.56 Å². The highest BCUT2D eigenvalue weighted by Crippen LogP contribution is 2.18. The zero-order chi connectivity index (χ0) is 14.4. The van der Waals surface area contributed by atoms with E-state index in [4.69, 9.17) is 21.4 Å². The molecule has 2 rings (SSSR count).